The number of aryl methyl sites for hydroxylation is 1. The number of hydrogen-bond acceptors (Lipinski definition) is 2. The third-order valence-corrected chi connectivity index (χ3v) is 3.21. The number of halogens is 1. The predicted molar refractivity (Wildman–Crippen MR) is 72.6 cm³/mol. The van der Waals surface area contributed by atoms with Crippen LogP contribution in [-0.4, -0.2) is 23.5 Å². The normalized spacial score (nSPS) is 11.1. The molecule has 0 radical (unpaired) electrons. The minimum atomic E-state index is -0.977. The molecule has 0 saturated heterocycles. The average Bonchev–Trinajstić information content (AvgIpc) is 2.29. The molecule has 0 saturated carbocycles. The zero-order valence-corrected chi connectivity index (χ0v) is 12.2. The number of aliphatic carboxylic acids is 1. The first kappa shape index (κ1) is 14.7. The summed E-state index contributed by atoms with van der Waals surface area (Å²) < 4.78 is 0.816. The van der Waals surface area contributed by atoms with Crippen molar-refractivity contribution in [2.24, 2.45) is 5.41 Å². The monoisotopic (exact) mass is 313 g/mol. The molecule has 18 heavy (non-hydrogen) atoms. The second-order valence-corrected chi connectivity index (χ2v) is 5.75. The molecule has 5 heteroatoms. The summed E-state index contributed by atoms with van der Waals surface area (Å²) in [7, 11) is 0. The molecule has 0 aliphatic heterocycles. The fourth-order valence-electron chi connectivity index (χ4n) is 1.31. The summed E-state index contributed by atoms with van der Waals surface area (Å²) in [5.41, 5.74) is 0.421. The van der Waals surface area contributed by atoms with Gasteiger partial charge in [-0.2, -0.15) is 0 Å². The van der Waals surface area contributed by atoms with E-state index in [-0.39, 0.29) is 12.5 Å². The fourth-order valence-corrected chi connectivity index (χ4v) is 1.67. The molecule has 0 bridgehead atoms. The van der Waals surface area contributed by atoms with Gasteiger partial charge in [-0.05, 0) is 38.5 Å². The Kier molecular flexibility index (Phi) is 4.51. The molecule has 2 N–H and O–H groups in total. The van der Waals surface area contributed by atoms with Crippen molar-refractivity contribution < 1.29 is 14.7 Å². The third kappa shape index (κ3) is 3.57. The highest BCUT2D eigenvalue weighted by molar-refractivity contribution is 9.10. The number of carbonyl (C=O) groups is 2. The van der Waals surface area contributed by atoms with Gasteiger partial charge in [0, 0.05) is 16.6 Å². The van der Waals surface area contributed by atoms with E-state index in [1.165, 1.54) is 0 Å². The van der Waals surface area contributed by atoms with E-state index in [2.05, 4.69) is 21.2 Å². The molecular weight excluding hydrogens is 298 g/mol. The van der Waals surface area contributed by atoms with Crippen molar-refractivity contribution in [1.82, 2.24) is 5.32 Å². The number of rotatable bonds is 4. The van der Waals surface area contributed by atoms with E-state index < -0.39 is 11.4 Å². The Bertz CT molecular complexity index is 483. The third-order valence-electron chi connectivity index (χ3n) is 2.71. The van der Waals surface area contributed by atoms with Gasteiger partial charge in [-0.15, -0.1) is 0 Å². The molecule has 1 amide bonds. The molecule has 0 atom stereocenters. The number of carboxylic acids is 1. The average molecular weight is 314 g/mol. The quantitative estimate of drug-likeness (QED) is 0.898. The largest absolute Gasteiger partial charge is 0.481 e. The summed E-state index contributed by atoms with van der Waals surface area (Å²) >= 11 is 3.30. The standard InChI is InChI=1S/C13H16BrNO3/c1-8-4-5-9(14)6-10(8)11(16)15-7-13(2,3)12(17)18/h4-6H,7H2,1-3H3,(H,15,16)(H,17,18). The second kappa shape index (κ2) is 5.52. The van der Waals surface area contributed by atoms with E-state index >= 15 is 0 Å². The minimum Gasteiger partial charge on any atom is -0.481 e. The highest BCUT2D eigenvalue weighted by atomic mass is 79.9. The van der Waals surface area contributed by atoms with Crippen LogP contribution in [-0.2, 0) is 4.79 Å². The molecular formula is C13H16BrNO3. The molecule has 0 spiro atoms. The maximum absolute atomic E-state index is 12.0. The lowest BCUT2D eigenvalue weighted by Gasteiger charge is -2.19. The predicted octanol–water partition coefficient (Wildman–Crippen LogP) is 2.60. The molecule has 0 aliphatic carbocycles. The van der Waals surface area contributed by atoms with Gasteiger partial charge in [0.25, 0.3) is 5.91 Å². The van der Waals surface area contributed by atoms with E-state index in [0.29, 0.717) is 5.56 Å². The van der Waals surface area contributed by atoms with Crippen LogP contribution in [0.25, 0.3) is 0 Å². The fraction of sp³-hybridized carbons (Fsp3) is 0.385. The van der Waals surface area contributed by atoms with Crippen molar-refractivity contribution in [2.75, 3.05) is 6.54 Å². The van der Waals surface area contributed by atoms with Crippen LogP contribution in [0.15, 0.2) is 22.7 Å². The van der Waals surface area contributed by atoms with Gasteiger partial charge in [-0.1, -0.05) is 22.0 Å². The van der Waals surface area contributed by atoms with Gasteiger partial charge in [0.1, 0.15) is 0 Å². The van der Waals surface area contributed by atoms with Gasteiger partial charge >= 0.3 is 5.97 Å². The molecule has 0 aliphatic rings. The Hall–Kier alpha value is -1.36. The van der Waals surface area contributed by atoms with E-state index in [1.54, 1.807) is 19.9 Å². The van der Waals surface area contributed by atoms with Crippen molar-refractivity contribution >= 4 is 27.8 Å². The molecule has 1 rings (SSSR count). The Balaban J connectivity index is 2.78. The summed E-state index contributed by atoms with van der Waals surface area (Å²) in [6, 6.07) is 5.41. The van der Waals surface area contributed by atoms with Crippen molar-refractivity contribution in [3.05, 3.63) is 33.8 Å². The molecule has 1 aromatic rings. The van der Waals surface area contributed by atoms with Crippen molar-refractivity contribution in [1.29, 1.82) is 0 Å². The van der Waals surface area contributed by atoms with Gasteiger partial charge in [0.2, 0.25) is 0 Å². The van der Waals surface area contributed by atoms with Crippen LogP contribution in [0.4, 0.5) is 0 Å². The molecule has 4 nitrogen and oxygen atoms in total. The van der Waals surface area contributed by atoms with Gasteiger partial charge < -0.3 is 10.4 Å². The number of nitrogens with one attached hydrogen (secondary N) is 1. The second-order valence-electron chi connectivity index (χ2n) is 4.83. The summed E-state index contributed by atoms with van der Waals surface area (Å²) in [6.07, 6.45) is 0. The van der Waals surface area contributed by atoms with Gasteiger partial charge in [-0.25, -0.2) is 0 Å². The van der Waals surface area contributed by atoms with Crippen LogP contribution < -0.4 is 5.32 Å². The molecule has 0 unspecified atom stereocenters. The van der Waals surface area contributed by atoms with Gasteiger partial charge in [-0.3, -0.25) is 9.59 Å². The maximum Gasteiger partial charge on any atom is 0.310 e. The zero-order chi connectivity index (χ0) is 13.9. The molecule has 0 aromatic heterocycles. The topological polar surface area (TPSA) is 66.4 Å². The summed E-state index contributed by atoms with van der Waals surface area (Å²) in [5.74, 6) is -1.20. The van der Waals surface area contributed by atoms with Crippen LogP contribution in [0.5, 0.6) is 0 Å². The lowest BCUT2D eigenvalue weighted by atomic mass is 9.93. The lowest BCUT2D eigenvalue weighted by Crippen LogP contribution is -2.39. The van der Waals surface area contributed by atoms with Crippen LogP contribution in [0.1, 0.15) is 29.8 Å². The van der Waals surface area contributed by atoms with Crippen LogP contribution in [0.3, 0.4) is 0 Å². The van der Waals surface area contributed by atoms with Crippen LogP contribution >= 0.6 is 15.9 Å². The molecule has 0 fully saturated rings. The number of carbonyl (C=O) groups excluding carboxylic acids is 1. The summed E-state index contributed by atoms with van der Waals surface area (Å²) in [5, 5.41) is 11.6. The highest BCUT2D eigenvalue weighted by Crippen LogP contribution is 2.17. The van der Waals surface area contributed by atoms with E-state index in [1.807, 2.05) is 19.1 Å². The minimum absolute atomic E-state index is 0.0904. The van der Waals surface area contributed by atoms with Crippen molar-refractivity contribution in [2.45, 2.75) is 20.8 Å². The molecule has 1 aromatic carbocycles. The van der Waals surface area contributed by atoms with Crippen molar-refractivity contribution in [3.63, 3.8) is 0 Å². The van der Waals surface area contributed by atoms with E-state index in [0.717, 1.165) is 10.0 Å². The smallest absolute Gasteiger partial charge is 0.310 e. The Morgan fingerprint density at radius 2 is 2.00 bits per heavy atom. The number of hydrogen-bond donors (Lipinski definition) is 2. The molecule has 0 heterocycles. The Labute approximate surface area is 115 Å². The maximum atomic E-state index is 12.0. The SMILES string of the molecule is Cc1ccc(Br)cc1C(=O)NCC(C)(C)C(=O)O. The number of amides is 1. The first-order chi connectivity index (χ1) is 8.24. The van der Waals surface area contributed by atoms with E-state index in [4.69, 9.17) is 5.11 Å². The Morgan fingerprint density at radius 1 is 1.39 bits per heavy atom. The van der Waals surface area contributed by atoms with E-state index in [9.17, 15) is 9.59 Å². The Morgan fingerprint density at radius 3 is 2.56 bits per heavy atom. The van der Waals surface area contributed by atoms with Crippen molar-refractivity contribution in [3.8, 4) is 0 Å². The number of carboxylic acid groups (broad SMARTS) is 1. The zero-order valence-electron chi connectivity index (χ0n) is 10.6. The van der Waals surface area contributed by atoms with Crippen LogP contribution in [0.2, 0.25) is 0 Å². The lowest BCUT2D eigenvalue weighted by molar-refractivity contribution is -0.146. The van der Waals surface area contributed by atoms with Gasteiger partial charge in [0.15, 0.2) is 0 Å². The van der Waals surface area contributed by atoms with Crippen LogP contribution in [0, 0.1) is 12.3 Å². The summed E-state index contributed by atoms with van der Waals surface area (Å²) in [6.45, 7) is 5.07. The summed E-state index contributed by atoms with van der Waals surface area (Å²) in [4.78, 5) is 22.9. The van der Waals surface area contributed by atoms with Gasteiger partial charge in [0.05, 0.1) is 5.41 Å². The molecule has 98 valence electrons. The first-order valence-corrected chi connectivity index (χ1v) is 6.31. The highest BCUT2D eigenvalue weighted by Gasteiger charge is 2.27. The number of benzene rings is 1. The first-order valence-electron chi connectivity index (χ1n) is 5.52.